The fraction of sp³-hybridized carbons (Fsp3) is 0.333. The molecule has 0 aliphatic carbocycles. The predicted octanol–water partition coefficient (Wildman–Crippen LogP) is 0.935. The quantitative estimate of drug-likeness (QED) is 0.704. The summed E-state index contributed by atoms with van der Waals surface area (Å²) in [5, 5.41) is 14.4. The maximum absolute atomic E-state index is 11.9. The van der Waals surface area contributed by atoms with Crippen LogP contribution in [0.2, 0.25) is 0 Å². The maximum atomic E-state index is 11.9. The van der Waals surface area contributed by atoms with Crippen LogP contribution in [0.3, 0.4) is 0 Å². The van der Waals surface area contributed by atoms with E-state index in [0.717, 1.165) is 5.69 Å². The van der Waals surface area contributed by atoms with Crippen LogP contribution in [0.25, 0.3) is 0 Å². The van der Waals surface area contributed by atoms with E-state index in [9.17, 15) is 4.79 Å². The van der Waals surface area contributed by atoms with Crippen LogP contribution >= 0.6 is 11.8 Å². The van der Waals surface area contributed by atoms with Crippen molar-refractivity contribution in [3.8, 4) is 0 Å². The molecule has 3 N–H and O–H groups in total. The average Bonchev–Trinajstić information content (AvgIpc) is 2.67. The molecule has 3 unspecified atom stereocenters. The van der Waals surface area contributed by atoms with Gasteiger partial charge in [-0.1, -0.05) is 30.0 Å². The molecule has 2 saturated heterocycles. The molecule has 3 atom stereocenters. The Kier molecular flexibility index (Phi) is 2.76. The highest BCUT2D eigenvalue weighted by molar-refractivity contribution is 8.15. The molecule has 2 aliphatic heterocycles. The molecule has 0 radical (unpaired) electrons. The van der Waals surface area contributed by atoms with Gasteiger partial charge in [0.05, 0.1) is 6.17 Å². The van der Waals surface area contributed by atoms with Crippen LogP contribution in [0.1, 0.15) is 6.92 Å². The lowest BCUT2D eigenvalue weighted by Gasteiger charge is -2.35. The Bertz CT molecular complexity index is 492. The Morgan fingerprint density at radius 1 is 1.33 bits per heavy atom. The number of hydrogen-bond donors (Lipinski definition) is 3. The number of para-hydroxylation sites is 1. The highest BCUT2D eigenvalue weighted by Gasteiger charge is 2.46. The number of benzene rings is 1. The number of hydrogen-bond acceptors (Lipinski definition) is 4. The van der Waals surface area contributed by atoms with Crippen LogP contribution in [-0.2, 0) is 4.79 Å². The molecule has 2 heterocycles. The lowest BCUT2D eigenvalue weighted by atomic mass is 10.2. The molecular weight excluding hydrogens is 248 g/mol. The first-order valence-electron chi connectivity index (χ1n) is 5.83. The summed E-state index contributed by atoms with van der Waals surface area (Å²) in [6.07, 6.45) is -0.217. The Morgan fingerprint density at radius 2 is 2.06 bits per heavy atom. The van der Waals surface area contributed by atoms with Crippen LogP contribution in [-0.4, -0.2) is 28.7 Å². The smallest absolute Gasteiger partial charge is 0.238 e. The minimum Gasteiger partial charge on any atom is -0.340 e. The highest BCUT2D eigenvalue weighted by atomic mass is 32.2. The molecule has 2 aliphatic rings. The van der Waals surface area contributed by atoms with Gasteiger partial charge >= 0.3 is 0 Å². The Labute approximate surface area is 109 Å². The lowest BCUT2D eigenvalue weighted by molar-refractivity contribution is -0.123. The Hall–Kier alpha value is -1.53. The maximum Gasteiger partial charge on any atom is 0.238 e. The summed E-state index contributed by atoms with van der Waals surface area (Å²) < 4.78 is 0. The first kappa shape index (κ1) is 11.6. The summed E-state index contributed by atoms with van der Waals surface area (Å²) in [7, 11) is 0. The van der Waals surface area contributed by atoms with Crippen LogP contribution < -0.4 is 15.5 Å². The van der Waals surface area contributed by atoms with Crippen molar-refractivity contribution in [2.24, 2.45) is 0 Å². The zero-order valence-electron chi connectivity index (χ0n) is 9.88. The van der Waals surface area contributed by atoms with Crippen molar-refractivity contribution in [2.75, 3.05) is 4.90 Å². The summed E-state index contributed by atoms with van der Waals surface area (Å²) in [5.74, 6) is -0.000527. The van der Waals surface area contributed by atoms with Gasteiger partial charge in [0, 0.05) is 5.69 Å². The third-order valence-corrected chi connectivity index (χ3v) is 4.24. The summed E-state index contributed by atoms with van der Waals surface area (Å²) in [5.41, 5.74) is 0.942. The van der Waals surface area contributed by atoms with E-state index in [1.54, 1.807) is 0 Å². The van der Waals surface area contributed by atoms with Gasteiger partial charge in [-0.2, -0.15) is 0 Å². The van der Waals surface area contributed by atoms with Gasteiger partial charge in [0.25, 0.3) is 0 Å². The first-order chi connectivity index (χ1) is 8.66. The molecule has 6 heteroatoms. The molecule has 1 amide bonds. The number of anilines is 1. The van der Waals surface area contributed by atoms with Crippen molar-refractivity contribution in [1.82, 2.24) is 10.6 Å². The second-order valence-corrected chi connectivity index (χ2v) is 5.52. The number of amides is 1. The topological polar surface area (TPSA) is 68.2 Å². The van der Waals surface area contributed by atoms with E-state index in [2.05, 4.69) is 10.6 Å². The third-order valence-electron chi connectivity index (χ3n) is 3.09. The highest BCUT2D eigenvalue weighted by Crippen LogP contribution is 2.35. The summed E-state index contributed by atoms with van der Waals surface area (Å²) in [4.78, 5) is 13.8. The molecule has 5 nitrogen and oxygen atoms in total. The van der Waals surface area contributed by atoms with Gasteiger partial charge in [-0.05, 0) is 19.1 Å². The van der Waals surface area contributed by atoms with E-state index in [4.69, 9.17) is 5.41 Å². The molecule has 3 rings (SSSR count). The van der Waals surface area contributed by atoms with E-state index in [-0.39, 0.29) is 23.5 Å². The number of nitrogens with zero attached hydrogens (tertiary/aromatic N) is 1. The van der Waals surface area contributed by atoms with Crippen LogP contribution in [0.15, 0.2) is 30.3 Å². The summed E-state index contributed by atoms with van der Waals surface area (Å²) in [6, 6.07) is 9.73. The van der Waals surface area contributed by atoms with Gasteiger partial charge in [-0.25, -0.2) is 0 Å². The van der Waals surface area contributed by atoms with Crippen molar-refractivity contribution >= 4 is 28.5 Å². The van der Waals surface area contributed by atoms with Gasteiger partial charge in [0.1, 0.15) is 11.4 Å². The molecule has 94 valence electrons. The van der Waals surface area contributed by atoms with Gasteiger partial charge in [-0.15, -0.1) is 0 Å². The number of rotatable bonds is 1. The zero-order chi connectivity index (χ0) is 12.7. The fourth-order valence-corrected chi connectivity index (χ4v) is 3.40. The van der Waals surface area contributed by atoms with E-state index >= 15 is 0 Å². The van der Waals surface area contributed by atoms with Gasteiger partial charge in [-0.3, -0.25) is 15.5 Å². The second-order valence-electron chi connectivity index (χ2n) is 4.39. The minimum absolute atomic E-state index is 0.000527. The number of thioether (sulfide) groups is 1. The van der Waals surface area contributed by atoms with Gasteiger partial charge in [0.2, 0.25) is 5.91 Å². The molecule has 18 heavy (non-hydrogen) atoms. The van der Waals surface area contributed by atoms with Crippen molar-refractivity contribution in [1.29, 1.82) is 5.41 Å². The molecule has 2 fully saturated rings. The predicted molar refractivity (Wildman–Crippen MR) is 72.6 cm³/mol. The van der Waals surface area contributed by atoms with Crippen molar-refractivity contribution in [2.45, 2.75) is 24.5 Å². The zero-order valence-corrected chi connectivity index (χ0v) is 10.7. The van der Waals surface area contributed by atoms with Crippen LogP contribution in [0.4, 0.5) is 5.69 Å². The van der Waals surface area contributed by atoms with E-state index in [1.165, 1.54) is 11.8 Å². The molecule has 1 aromatic rings. The number of fused-ring (bicyclic) bond motifs is 1. The molecule has 1 aromatic carbocycles. The fourth-order valence-electron chi connectivity index (χ4n) is 2.32. The number of carbonyl (C=O) groups excluding carboxylic acids is 1. The minimum atomic E-state index is -0.256. The largest absolute Gasteiger partial charge is 0.340 e. The van der Waals surface area contributed by atoms with Gasteiger partial charge < -0.3 is 10.2 Å². The van der Waals surface area contributed by atoms with Gasteiger partial charge in [0.15, 0.2) is 5.17 Å². The van der Waals surface area contributed by atoms with Crippen molar-refractivity contribution in [3.05, 3.63) is 30.3 Å². The molecule has 0 spiro atoms. The van der Waals surface area contributed by atoms with Crippen LogP contribution in [0.5, 0.6) is 0 Å². The van der Waals surface area contributed by atoms with Crippen LogP contribution in [0, 0.1) is 5.41 Å². The number of amidine groups is 1. The monoisotopic (exact) mass is 262 g/mol. The Morgan fingerprint density at radius 3 is 2.78 bits per heavy atom. The first-order valence-corrected chi connectivity index (χ1v) is 6.71. The van der Waals surface area contributed by atoms with E-state index < -0.39 is 0 Å². The standard InChI is InChI=1S/C12H14N4OS/c1-7-14-10-9(11(17)15-7)18-12(13)16(10)8-5-3-2-4-6-8/h2-7,9-10,13-14H,1H3,(H,15,17). The van der Waals surface area contributed by atoms with E-state index in [0.29, 0.717) is 5.17 Å². The number of carbonyl (C=O) groups is 1. The lowest BCUT2D eigenvalue weighted by Crippen LogP contribution is -2.64. The number of nitrogens with one attached hydrogen (secondary N) is 3. The normalized spacial score (nSPS) is 31.2. The molecule has 0 saturated carbocycles. The Balaban J connectivity index is 1.95. The molecular formula is C12H14N4OS. The molecule has 0 bridgehead atoms. The third kappa shape index (κ3) is 1.77. The van der Waals surface area contributed by atoms with Crippen molar-refractivity contribution < 1.29 is 4.79 Å². The second kappa shape index (κ2) is 4.29. The SMILES string of the molecule is CC1NC(=O)C2SC(=N)N(c3ccccc3)C2N1. The van der Waals surface area contributed by atoms with E-state index in [1.807, 2.05) is 42.2 Å². The van der Waals surface area contributed by atoms with Crippen molar-refractivity contribution in [3.63, 3.8) is 0 Å². The molecule has 0 aromatic heterocycles. The average molecular weight is 262 g/mol. The summed E-state index contributed by atoms with van der Waals surface area (Å²) in [6.45, 7) is 1.91. The summed E-state index contributed by atoms with van der Waals surface area (Å²) >= 11 is 1.30.